The van der Waals surface area contributed by atoms with E-state index in [1.165, 1.54) is 12.8 Å². The molecule has 1 aliphatic rings. The Balaban J connectivity index is 1.96. The Kier molecular flexibility index (Phi) is 3.14. The zero-order chi connectivity index (χ0) is 12.5. The second kappa shape index (κ2) is 4.78. The molecule has 0 bridgehead atoms. The minimum absolute atomic E-state index is 0.192. The van der Waals surface area contributed by atoms with E-state index in [0.29, 0.717) is 11.2 Å². The van der Waals surface area contributed by atoms with E-state index in [4.69, 9.17) is 11.6 Å². The van der Waals surface area contributed by atoms with Gasteiger partial charge in [0.2, 0.25) is 0 Å². The third-order valence-electron chi connectivity index (χ3n) is 3.51. The lowest BCUT2D eigenvalue weighted by molar-refractivity contribution is 0.389. The number of rotatable bonds is 2. The quantitative estimate of drug-likeness (QED) is 0.877. The van der Waals surface area contributed by atoms with E-state index in [0.717, 1.165) is 30.7 Å². The van der Waals surface area contributed by atoms with Crippen molar-refractivity contribution in [1.29, 1.82) is 0 Å². The standard InChI is InChI=1S/C13H16ClN3O/c14-13-10-5-3-6-12(18)17(10)11(16-13)8-9-4-1-2-7-15-9/h3,5-6,9,15,18H,1-2,4,7-8H2. The number of piperidine rings is 1. The van der Waals surface area contributed by atoms with Crippen LogP contribution in [0.5, 0.6) is 5.88 Å². The highest BCUT2D eigenvalue weighted by Crippen LogP contribution is 2.24. The van der Waals surface area contributed by atoms with Crippen LogP contribution in [-0.2, 0) is 6.42 Å². The van der Waals surface area contributed by atoms with Crippen LogP contribution in [0.25, 0.3) is 5.52 Å². The van der Waals surface area contributed by atoms with Gasteiger partial charge in [-0.2, -0.15) is 0 Å². The summed E-state index contributed by atoms with van der Waals surface area (Å²) in [4.78, 5) is 4.37. The van der Waals surface area contributed by atoms with Gasteiger partial charge in [0.05, 0.1) is 5.52 Å². The number of nitrogens with one attached hydrogen (secondary N) is 1. The van der Waals surface area contributed by atoms with Crippen LogP contribution in [-0.4, -0.2) is 27.1 Å². The number of pyridine rings is 1. The Morgan fingerprint density at radius 2 is 2.33 bits per heavy atom. The molecule has 2 aromatic rings. The van der Waals surface area contributed by atoms with Crippen LogP contribution in [0.15, 0.2) is 18.2 Å². The first-order valence-corrected chi connectivity index (χ1v) is 6.71. The molecule has 96 valence electrons. The van der Waals surface area contributed by atoms with Gasteiger partial charge in [-0.25, -0.2) is 4.98 Å². The summed E-state index contributed by atoms with van der Waals surface area (Å²) >= 11 is 6.10. The average molecular weight is 266 g/mol. The Morgan fingerprint density at radius 3 is 3.11 bits per heavy atom. The van der Waals surface area contributed by atoms with Crippen LogP contribution in [0, 0.1) is 0 Å². The lowest BCUT2D eigenvalue weighted by Gasteiger charge is -2.22. The number of imidazole rings is 1. The number of halogens is 1. The molecular formula is C13H16ClN3O. The summed E-state index contributed by atoms with van der Waals surface area (Å²) in [6.45, 7) is 1.06. The van der Waals surface area contributed by atoms with Gasteiger partial charge in [-0.05, 0) is 31.5 Å². The molecular weight excluding hydrogens is 250 g/mol. The average Bonchev–Trinajstić information content (AvgIpc) is 2.69. The fourth-order valence-electron chi connectivity index (χ4n) is 2.61. The summed E-state index contributed by atoms with van der Waals surface area (Å²) in [6.07, 6.45) is 4.44. The van der Waals surface area contributed by atoms with Crippen molar-refractivity contribution in [1.82, 2.24) is 14.7 Å². The van der Waals surface area contributed by atoms with Crippen LogP contribution in [0.1, 0.15) is 25.1 Å². The zero-order valence-corrected chi connectivity index (χ0v) is 10.8. The SMILES string of the molecule is Oc1cccc2c(Cl)nc(CC3CCCCN3)n12. The number of aromatic nitrogens is 2. The lowest BCUT2D eigenvalue weighted by atomic mass is 10.0. The molecule has 4 nitrogen and oxygen atoms in total. The van der Waals surface area contributed by atoms with Crippen molar-refractivity contribution in [2.75, 3.05) is 6.54 Å². The molecule has 1 aliphatic heterocycles. The van der Waals surface area contributed by atoms with Gasteiger partial charge in [-0.15, -0.1) is 0 Å². The van der Waals surface area contributed by atoms with Gasteiger partial charge in [0.15, 0.2) is 11.0 Å². The number of hydrogen-bond donors (Lipinski definition) is 2. The summed E-state index contributed by atoms with van der Waals surface area (Å²) in [7, 11) is 0. The maximum atomic E-state index is 9.94. The molecule has 1 unspecified atom stereocenters. The van der Waals surface area contributed by atoms with E-state index in [2.05, 4.69) is 10.3 Å². The summed E-state index contributed by atoms with van der Waals surface area (Å²) in [5, 5.41) is 13.9. The van der Waals surface area contributed by atoms with Gasteiger partial charge < -0.3 is 10.4 Å². The first kappa shape index (κ1) is 11.8. The normalized spacial score (nSPS) is 20.4. The second-order valence-corrected chi connectivity index (χ2v) is 5.13. The molecule has 1 saturated heterocycles. The maximum absolute atomic E-state index is 9.94. The molecule has 3 heterocycles. The van der Waals surface area contributed by atoms with Gasteiger partial charge in [-0.3, -0.25) is 4.40 Å². The highest BCUT2D eigenvalue weighted by Gasteiger charge is 2.18. The first-order valence-electron chi connectivity index (χ1n) is 6.34. The van der Waals surface area contributed by atoms with Gasteiger partial charge in [0, 0.05) is 12.5 Å². The van der Waals surface area contributed by atoms with Gasteiger partial charge in [0.25, 0.3) is 0 Å². The molecule has 1 atom stereocenters. The Morgan fingerprint density at radius 1 is 1.44 bits per heavy atom. The largest absolute Gasteiger partial charge is 0.494 e. The van der Waals surface area contributed by atoms with Crippen LogP contribution in [0.3, 0.4) is 0 Å². The molecule has 0 saturated carbocycles. The molecule has 18 heavy (non-hydrogen) atoms. The zero-order valence-electron chi connectivity index (χ0n) is 10.1. The summed E-state index contributed by atoms with van der Waals surface area (Å²) in [5.74, 6) is 1.02. The first-order chi connectivity index (χ1) is 8.75. The molecule has 5 heteroatoms. The van der Waals surface area contributed by atoms with E-state index in [9.17, 15) is 5.11 Å². The highest BCUT2D eigenvalue weighted by molar-refractivity contribution is 6.32. The Bertz CT molecular complexity index is 561. The van der Waals surface area contributed by atoms with E-state index in [1.807, 2.05) is 6.07 Å². The number of hydrogen-bond acceptors (Lipinski definition) is 3. The van der Waals surface area contributed by atoms with Crippen molar-refractivity contribution in [3.8, 4) is 5.88 Å². The van der Waals surface area contributed by atoms with E-state index >= 15 is 0 Å². The minimum atomic E-state index is 0.192. The Labute approximate surface area is 111 Å². The third kappa shape index (κ3) is 2.06. The summed E-state index contributed by atoms with van der Waals surface area (Å²) in [6, 6.07) is 5.73. The van der Waals surface area contributed by atoms with Gasteiger partial charge in [-0.1, -0.05) is 24.1 Å². The molecule has 0 amide bonds. The number of nitrogens with zero attached hydrogens (tertiary/aromatic N) is 2. The molecule has 1 fully saturated rings. The van der Waals surface area contributed by atoms with Crippen molar-refractivity contribution in [2.24, 2.45) is 0 Å². The molecule has 3 rings (SSSR count). The minimum Gasteiger partial charge on any atom is -0.494 e. The third-order valence-corrected chi connectivity index (χ3v) is 3.79. The smallest absolute Gasteiger partial charge is 0.197 e. The predicted molar refractivity (Wildman–Crippen MR) is 71.2 cm³/mol. The topological polar surface area (TPSA) is 49.6 Å². The van der Waals surface area contributed by atoms with Crippen molar-refractivity contribution in [3.63, 3.8) is 0 Å². The van der Waals surface area contributed by atoms with Crippen LogP contribution >= 0.6 is 11.6 Å². The molecule has 0 spiro atoms. The van der Waals surface area contributed by atoms with Crippen molar-refractivity contribution >= 4 is 17.1 Å². The number of fused-ring (bicyclic) bond motifs is 1. The van der Waals surface area contributed by atoms with Gasteiger partial charge in [0.1, 0.15) is 5.82 Å². The molecule has 0 aliphatic carbocycles. The van der Waals surface area contributed by atoms with Crippen LogP contribution in [0.4, 0.5) is 0 Å². The van der Waals surface area contributed by atoms with Crippen LogP contribution < -0.4 is 5.32 Å². The van der Waals surface area contributed by atoms with Crippen molar-refractivity contribution < 1.29 is 5.11 Å². The molecule has 0 aromatic carbocycles. The fourth-order valence-corrected chi connectivity index (χ4v) is 2.85. The van der Waals surface area contributed by atoms with Gasteiger partial charge >= 0.3 is 0 Å². The second-order valence-electron chi connectivity index (χ2n) is 4.77. The summed E-state index contributed by atoms with van der Waals surface area (Å²) in [5.41, 5.74) is 0.766. The molecule has 2 N–H and O–H groups in total. The molecule has 0 radical (unpaired) electrons. The van der Waals surface area contributed by atoms with E-state index in [1.54, 1.807) is 16.5 Å². The lowest BCUT2D eigenvalue weighted by Crippen LogP contribution is -2.36. The van der Waals surface area contributed by atoms with E-state index in [-0.39, 0.29) is 5.88 Å². The predicted octanol–water partition coefficient (Wildman–Crippen LogP) is 2.38. The van der Waals surface area contributed by atoms with Crippen molar-refractivity contribution in [2.45, 2.75) is 31.7 Å². The molecule has 2 aromatic heterocycles. The summed E-state index contributed by atoms with van der Waals surface area (Å²) < 4.78 is 1.73. The monoisotopic (exact) mass is 265 g/mol. The maximum Gasteiger partial charge on any atom is 0.197 e. The van der Waals surface area contributed by atoms with Crippen molar-refractivity contribution in [3.05, 3.63) is 29.2 Å². The highest BCUT2D eigenvalue weighted by atomic mass is 35.5. The fraction of sp³-hybridized carbons (Fsp3) is 0.462. The van der Waals surface area contributed by atoms with Crippen LogP contribution in [0.2, 0.25) is 5.15 Å². The number of aromatic hydroxyl groups is 1. The van der Waals surface area contributed by atoms with E-state index < -0.39 is 0 Å². The Hall–Kier alpha value is -1.26.